The summed E-state index contributed by atoms with van der Waals surface area (Å²) in [5, 5.41) is 10.9. The maximum Gasteiger partial charge on any atom is 0.205 e. The molecule has 0 spiro atoms. The van der Waals surface area contributed by atoms with Crippen molar-refractivity contribution in [3.8, 4) is 17.6 Å². The molecule has 6 nitrogen and oxygen atoms in total. The van der Waals surface area contributed by atoms with Gasteiger partial charge in [0.2, 0.25) is 5.88 Å². The molecule has 2 aromatic carbocycles. The van der Waals surface area contributed by atoms with Gasteiger partial charge < -0.3 is 19.9 Å². The molecule has 0 radical (unpaired) electrons. The Morgan fingerprint density at radius 3 is 2.74 bits per heavy atom. The average molecular weight is 611 g/mol. The lowest BCUT2D eigenvalue weighted by Gasteiger charge is -2.31. The zero-order chi connectivity index (χ0) is 24.4. The fraction of sp³-hybridized carbons (Fsp3) is 0.280. The molecule has 2 N–H and O–H groups in total. The predicted molar refractivity (Wildman–Crippen MR) is 138 cm³/mol. The molecule has 0 amide bonds. The van der Waals surface area contributed by atoms with E-state index in [1.807, 2.05) is 19.1 Å². The second-order valence-corrected chi connectivity index (χ2v) is 9.83. The van der Waals surface area contributed by atoms with Crippen molar-refractivity contribution in [3.05, 3.63) is 77.9 Å². The monoisotopic (exact) mass is 610 g/mol. The van der Waals surface area contributed by atoms with Crippen molar-refractivity contribution in [1.29, 1.82) is 5.26 Å². The van der Waals surface area contributed by atoms with Crippen LogP contribution in [-0.4, -0.2) is 12.4 Å². The first-order valence-corrected chi connectivity index (χ1v) is 12.5. The smallest absolute Gasteiger partial charge is 0.205 e. The third-order valence-electron chi connectivity index (χ3n) is 5.66. The van der Waals surface area contributed by atoms with E-state index in [0.29, 0.717) is 58.7 Å². The van der Waals surface area contributed by atoms with E-state index in [-0.39, 0.29) is 23.8 Å². The molecule has 4 rings (SSSR count). The van der Waals surface area contributed by atoms with Crippen LogP contribution in [-0.2, 0) is 16.1 Å². The summed E-state index contributed by atoms with van der Waals surface area (Å²) >= 11 is 14.4. The molecular formula is C25H21Cl2IN2O4. The average Bonchev–Trinajstić information content (AvgIpc) is 2.79. The summed E-state index contributed by atoms with van der Waals surface area (Å²) < 4.78 is 18.4. The van der Waals surface area contributed by atoms with Gasteiger partial charge in [-0.25, -0.2) is 0 Å². The molecule has 2 aromatic rings. The number of hydrogen-bond acceptors (Lipinski definition) is 6. The third-order valence-corrected chi connectivity index (χ3v) is 7.05. The summed E-state index contributed by atoms with van der Waals surface area (Å²) in [6, 6.07) is 11.1. The highest BCUT2D eigenvalue weighted by atomic mass is 127. The molecule has 1 aliphatic heterocycles. The number of hydrogen-bond donors (Lipinski definition) is 1. The lowest BCUT2D eigenvalue weighted by molar-refractivity contribution is -0.116. The Morgan fingerprint density at radius 1 is 1.24 bits per heavy atom. The number of Topliss-reactive ketones (excluding diaryl/α,β-unsaturated/α-hetero) is 1. The number of nitriles is 1. The molecule has 1 aliphatic carbocycles. The first-order chi connectivity index (χ1) is 16.3. The molecule has 1 atom stereocenters. The van der Waals surface area contributed by atoms with Gasteiger partial charge >= 0.3 is 0 Å². The number of halogens is 3. The SMILES string of the molecule is CCOc1cc([C@@H]2C(C#N)=C(N)OC3=C2C(=O)CCC3)cc(I)c1OCc1ccc(Cl)cc1Cl. The van der Waals surface area contributed by atoms with Crippen LogP contribution in [0.15, 0.2) is 53.1 Å². The number of benzene rings is 2. The first kappa shape index (κ1) is 24.7. The molecule has 0 unspecified atom stereocenters. The van der Waals surface area contributed by atoms with E-state index in [1.54, 1.807) is 18.2 Å². The molecule has 9 heteroatoms. The fourth-order valence-corrected chi connectivity index (χ4v) is 5.38. The van der Waals surface area contributed by atoms with Gasteiger partial charge in [0.1, 0.15) is 24.0 Å². The molecule has 0 saturated heterocycles. The molecule has 176 valence electrons. The minimum absolute atomic E-state index is 0.0304. The topological polar surface area (TPSA) is 94.6 Å². The van der Waals surface area contributed by atoms with E-state index in [0.717, 1.165) is 14.7 Å². The Hall–Kier alpha value is -2.41. The quantitative estimate of drug-likeness (QED) is 0.381. The van der Waals surface area contributed by atoms with E-state index in [1.165, 1.54) is 0 Å². The van der Waals surface area contributed by atoms with Crippen molar-refractivity contribution in [3.63, 3.8) is 0 Å². The maximum absolute atomic E-state index is 12.9. The van der Waals surface area contributed by atoms with Crippen LogP contribution in [0.3, 0.4) is 0 Å². The highest BCUT2D eigenvalue weighted by Crippen LogP contribution is 2.46. The number of nitrogens with two attached hydrogens (primary N) is 1. The zero-order valence-electron chi connectivity index (χ0n) is 18.3. The van der Waals surface area contributed by atoms with Crippen LogP contribution in [0.2, 0.25) is 10.0 Å². The van der Waals surface area contributed by atoms with Crippen LogP contribution >= 0.6 is 45.8 Å². The van der Waals surface area contributed by atoms with Crippen molar-refractivity contribution in [2.75, 3.05) is 6.61 Å². The van der Waals surface area contributed by atoms with Crippen molar-refractivity contribution < 1.29 is 19.0 Å². The molecule has 0 bridgehead atoms. The Morgan fingerprint density at radius 2 is 2.03 bits per heavy atom. The van der Waals surface area contributed by atoms with Gasteiger partial charge in [0.25, 0.3) is 0 Å². The summed E-state index contributed by atoms with van der Waals surface area (Å²) in [6.45, 7) is 2.49. The largest absolute Gasteiger partial charge is 0.490 e. The van der Waals surface area contributed by atoms with Gasteiger partial charge in [0.15, 0.2) is 17.3 Å². The standard InChI is InChI=1S/C25H21Cl2IN2O4/c1-2-32-21-9-14(8-18(28)24(21)33-12-13-6-7-15(26)10-17(13)27)22-16(11-29)25(30)34-20-5-3-4-19(31)23(20)22/h6-10,22H,2-5,12,30H2,1H3/t22-/m1/s1. The van der Waals surface area contributed by atoms with Gasteiger partial charge in [-0.05, 0) is 65.8 Å². The number of ether oxygens (including phenoxy) is 3. The van der Waals surface area contributed by atoms with Crippen molar-refractivity contribution in [2.24, 2.45) is 5.73 Å². The lowest BCUT2D eigenvalue weighted by atomic mass is 9.77. The summed E-state index contributed by atoms with van der Waals surface area (Å²) in [5.41, 5.74) is 8.29. The van der Waals surface area contributed by atoms with E-state index < -0.39 is 5.92 Å². The predicted octanol–water partition coefficient (Wildman–Crippen LogP) is 6.39. The molecule has 1 heterocycles. The summed E-state index contributed by atoms with van der Waals surface area (Å²) in [6.07, 6.45) is 1.71. The maximum atomic E-state index is 12.9. The van der Waals surface area contributed by atoms with E-state index in [9.17, 15) is 10.1 Å². The second kappa shape index (κ2) is 10.5. The van der Waals surface area contributed by atoms with Gasteiger partial charge in [-0.15, -0.1) is 0 Å². The van der Waals surface area contributed by atoms with E-state index in [2.05, 4.69) is 28.7 Å². The molecule has 34 heavy (non-hydrogen) atoms. The number of ketones is 1. The number of carbonyl (C=O) groups excluding carboxylic acids is 1. The van der Waals surface area contributed by atoms with Crippen LogP contribution in [0.4, 0.5) is 0 Å². The van der Waals surface area contributed by atoms with Gasteiger partial charge in [0, 0.05) is 34.0 Å². The molecule has 0 fully saturated rings. The fourth-order valence-electron chi connectivity index (χ4n) is 4.14. The molecule has 0 saturated carbocycles. The van der Waals surface area contributed by atoms with Crippen molar-refractivity contribution in [2.45, 2.75) is 38.7 Å². The van der Waals surface area contributed by atoms with Crippen LogP contribution in [0, 0.1) is 14.9 Å². The van der Waals surface area contributed by atoms with Gasteiger partial charge in [-0.1, -0.05) is 29.3 Å². The van der Waals surface area contributed by atoms with Crippen LogP contribution in [0.1, 0.15) is 43.2 Å². The Labute approximate surface area is 221 Å². The summed E-state index contributed by atoms with van der Waals surface area (Å²) in [4.78, 5) is 12.9. The highest BCUT2D eigenvalue weighted by Gasteiger charge is 2.38. The third kappa shape index (κ3) is 4.85. The number of allylic oxidation sites excluding steroid dienone is 3. The summed E-state index contributed by atoms with van der Waals surface area (Å²) in [7, 11) is 0. The lowest BCUT2D eigenvalue weighted by Crippen LogP contribution is -2.27. The van der Waals surface area contributed by atoms with Crippen LogP contribution in [0.25, 0.3) is 0 Å². The molecule has 2 aliphatic rings. The van der Waals surface area contributed by atoms with Crippen molar-refractivity contribution in [1.82, 2.24) is 0 Å². The Bertz CT molecular complexity index is 1270. The van der Waals surface area contributed by atoms with Gasteiger partial charge in [-0.3, -0.25) is 4.79 Å². The number of nitrogens with zero attached hydrogens (tertiary/aromatic N) is 1. The highest BCUT2D eigenvalue weighted by molar-refractivity contribution is 14.1. The second-order valence-electron chi connectivity index (χ2n) is 7.83. The van der Waals surface area contributed by atoms with Crippen LogP contribution in [0.5, 0.6) is 11.5 Å². The molecule has 0 aromatic heterocycles. The van der Waals surface area contributed by atoms with Gasteiger partial charge in [-0.2, -0.15) is 5.26 Å². The molecular weight excluding hydrogens is 590 g/mol. The zero-order valence-corrected chi connectivity index (χ0v) is 22.0. The Balaban J connectivity index is 1.75. The van der Waals surface area contributed by atoms with Gasteiger partial charge in [0.05, 0.1) is 16.1 Å². The van der Waals surface area contributed by atoms with E-state index >= 15 is 0 Å². The summed E-state index contributed by atoms with van der Waals surface area (Å²) in [5.74, 6) is 0.979. The first-order valence-electron chi connectivity index (χ1n) is 10.7. The minimum atomic E-state index is -0.617. The Kier molecular flexibility index (Phi) is 7.60. The number of carbonyl (C=O) groups is 1. The van der Waals surface area contributed by atoms with Crippen molar-refractivity contribution >= 4 is 51.6 Å². The number of rotatable bonds is 6. The van der Waals surface area contributed by atoms with E-state index in [4.69, 9.17) is 43.1 Å². The minimum Gasteiger partial charge on any atom is -0.490 e. The van der Waals surface area contributed by atoms with Crippen LogP contribution < -0.4 is 15.2 Å². The normalized spacial score (nSPS) is 17.7.